The van der Waals surface area contributed by atoms with Gasteiger partial charge >= 0.3 is 0 Å². The summed E-state index contributed by atoms with van der Waals surface area (Å²) < 4.78 is 13.8. The standard InChI is InChI=1S/C56H35NO2/c1-4-14-36(15-5-1)40-26-28-48-52(34-40)59-56-46(38-18-8-3-9-19-38)30-31-49(55(48)56)57(43-27-29-45-41(32-43)25-24-39-20-10-11-21-44(39)45)50-33-42(37-16-6-2-7-17-37)35-53-54(50)47-22-12-13-23-51(47)58-53/h1-35H. The molecule has 0 spiro atoms. The van der Waals surface area contributed by atoms with Crippen LogP contribution in [-0.4, -0.2) is 0 Å². The number of hydrogen-bond acceptors (Lipinski definition) is 3. The first-order chi connectivity index (χ1) is 29.2. The van der Waals surface area contributed by atoms with Gasteiger partial charge in [-0.3, -0.25) is 0 Å². The second-order valence-electron chi connectivity index (χ2n) is 15.2. The minimum absolute atomic E-state index is 0.834. The highest BCUT2D eigenvalue weighted by molar-refractivity contribution is 6.21. The van der Waals surface area contributed by atoms with Crippen LogP contribution in [0, 0.1) is 0 Å². The molecule has 0 bridgehead atoms. The Morgan fingerprint density at radius 2 is 0.915 bits per heavy atom. The number of hydrogen-bond donors (Lipinski definition) is 0. The summed E-state index contributed by atoms with van der Waals surface area (Å²) in [6.07, 6.45) is 0. The summed E-state index contributed by atoms with van der Waals surface area (Å²) in [5.41, 5.74) is 13.0. The molecular formula is C56H35NO2. The van der Waals surface area contributed by atoms with E-state index in [2.05, 4.69) is 211 Å². The van der Waals surface area contributed by atoms with Crippen LogP contribution in [0.4, 0.5) is 17.1 Å². The molecule has 0 amide bonds. The fraction of sp³-hybridized carbons (Fsp3) is 0. The van der Waals surface area contributed by atoms with Crippen molar-refractivity contribution < 1.29 is 8.83 Å². The van der Waals surface area contributed by atoms with Crippen LogP contribution < -0.4 is 4.90 Å². The van der Waals surface area contributed by atoms with E-state index in [0.29, 0.717) is 0 Å². The van der Waals surface area contributed by atoms with Crippen LogP contribution in [0.1, 0.15) is 0 Å². The first-order valence-electron chi connectivity index (χ1n) is 20.1. The minimum atomic E-state index is 0.834. The molecule has 59 heavy (non-hydrogen) atoms. The van der Waals surface area contributed by atoms with E-state index in [9.17, 15) is 0 Å². The number of furan rings is 2. The normalized spacial score (nSPS) is 11.7. The first-order valence-corrected chi connectivity index (χ1v) is 20.1. The van der Waals surface area contributed by atoms with Gasteiger partial charge in [0.15, 0.2) is 0 Å². The van der Waals surface area contributed by atoms with E-state index < -0.39 is 0 Å². The summed E-state index contributed by atoms with van der Waals surface area (Å²) in [5.74, 6) is 0. The molecule has 2 heterocycles. The predicted octanol–water partition coefficient (Wildman–Crippen LogP) is 16.3. The molecule has 3 nitrogen and oxygen atoms in total. The molecule has 10 aromatic carbocycles. The largest absolute Gasteiger partial charge is 0.456 e. The molecule has 0 N–H and O–H groups in total. The maximum atomic E-state index is 7.07. The maximum absolute atomic E-state index is 7.07. The fourth-order valence-electron chi connectivity index (χ4n) is 9.06. The Hall–Kier alpha value is -7.88. The zero-order chi connectivity index (χ0) is 38.9. The van der Waals surface area contributed by atoms with Gasteiger partial charge in [-0.1, -0.05) is 158 Å². The first kappa shape index (κ1) is 33.3. The van der Waals surface area contributed by atoms with E-state index in [1.54, 1.807) is 0 Å². The van der Waals surface area contributed by atoms with Crippen LogP contribution >= 0.6 is 0 Å². The molecule has 12 rings (SSSR count). The average Bonchev–Trinajstić information content (AvgIpc) is 3.89. The van der Waals surface area contributed by atoms with E-state index in [-0.39, 0.29) is 0 Å². The summed E-state index contributed by atoms with van der Waals surface area (Å²) >= 11 is 0. The minimum Gasteiger partial charge on any atom is -0.456 e. The van der Waals surface area contributed by atoms with Gasteiger partial charge in [0.2, 0.25) is 0 Å². The van der Waals surface area contributed by atoms with Gasteiger partial charge in [-0.15, -0.1) is 0 Å². The van der Waals surface area contributed by atoms with Gasteiger partial charge < -0.3 is 13.7 Å². The third-order valence-electron chi connectivity index (χ3n) is 11.8. The zero-order valence-electron chi connectivity index (χ0n) is 32.0. The highest BCUT2D eigenvalue weighted by Gasteiger charge is 2.26. The Balaban J connectivity index is 1.21. The average molecular weight is 754 g/mol. The van der Waals surface area contributed by atoms with Crippen molar-refractivity contribution in [1.29, 1.82) is 0 Å². The highest BCUT2D eigenvalue weighted by atomic mass is 16.3. The summed E-state index contributed by atoms with van der Waals surface area (Å²) in [4.78, 5) is 2.43. The number of nitrogens with zero attached hydrogens (tertiary/aromatic N) is 1. The molecule has 0 radical (unpaired) electrons. The lowest BCUT2D eigenvalue weighted by atomic mass is 9.96. The number of anilines is 3. The smallest absolute Gasteiger partial charge is 0.145 e. The van der Waals surface area contributed by atoms with Gasteiger partial charge in [0.05, 0.1) is 22.1 Å². The van der Waals surface area contributed by atoms with E-state index in [0.717, 1.165) is 94.3 Å². The Bertz CT molecular complexity index is 3550. The van der Waals surface area contributed by atoms with E-state index in [1.165, 1.54) is 21.5 Å². The van der Waals surface area contributed by atoms with Crippen LogP contribution in [0.25, 0.3) is 98.8 Å². The van der Waals surface area contributed by atoms with E-state index >= 15 is 0 Å². The predicted molar refractivity (Wildman–Crippen MR) is 247 cm³/mol. The maximum Gasteiger partial charge on any atom is 0.145 e. The third-order valence-corrected chi connectivity index (χ3v) is 11.8. The van der Waals surface area contributed by atoms with Gasteiger partial charge in [-0.25, -0.2) is 0 Å². The zero-order valence-corrected chi connectivity index (χ0v) is 32.0. The second kappa shape index (κ2) is 13.4. The molecule has 0 aliphatic heterocycles. The second-order valence-corrected chi connectivity index (χ2v) is 15.2. The summed E-state index contributed by atoms with van der Waals surface area (Å²) in [7, 11) is 0. The summed E-state index contributed by atoms with van der Waals surface area (Å²) in [5, 5.41) is 9.07. The van der Waals surface area contributed by atoms with Crippen molar-refractivity contribution in [3.05, 3.63) is 212 Å². The molecule has 3 heteroatoms. The van der Waals surface area contributed by atoms with Crippen LogP contribution in [0.2, 0.25) is 0 Å². The van der Waals surface area contributed by atoms with Crippen LogP contribution in [0.5, 0.6) is 0 Å². The van der Waals surface area contributed by atoms with Gasteiger partial charge in [0.25, 0.3) is 0 Å². The monoisotopic (exact) mass is 753 g/mol. The molecule has 0 unspecified atom stereocenters. The van der Waals surface area contributed by atoms with Crippen molar-refractivity contribution in [3.63, 3.8) is 0 Å². The Kier molecular flexibility index (Phi) is 7.54. The topological polar surface area (TPSA) is 29.5 Å². The number of para-hydroxylation sites is 1. The molecule has 0 saturated carbocycles. The Labute approximate surface area is 340 Å². The van der Waals surface area contributed by atoms with Gasteiger partial charge in [-0.05, 0) is 104 Å². The lowest BCUT2D eigenvalue weighted by Crippen LogP contribution is -2.11. The highest BCUT2D eigenvalue weighted by Crippen LogP contribution is 2.50. The van der Waals surface area contributed by atoms with Gasteiger partial charge in [0.1, 0.15) is 22.3 Å². The van der Waals surface area contributed by atoms with Crippen LogP contribution in [0.3, 0.4) is 0 Å². The fourth-order valence-corrected chi connectivity index (χ4v) is 9.06. The summed E-state index contributed by atoms with van der Waals surface area (Å²) in [6.45, 7) is 0. The molecular weight excluding hydrogens is 719 g/mol. The van der Waals surface area contributed by atoms with Gasteiger partial charge in [-0.2, -0.15) is 0 Å². The molecule has 0 aliphatic carbocycles. The number of benzene rings is 10. The Morgan fingerprint density at radius 3 is 1.71 bits per heavy atom. The molecule has 276 valence electrons. The third kappa shape index (κ3) is 5.44. The van der Waals surface area contributed by atoms with Gasteiger partial charge in [0, 0.05) is 22.0 Å². The molecule has 12 aromatic rings. The van der Waals surface area contributed by atoms with Crippen molar-refractivity contribution in [2.24, 2.45) is 0 Å². The van der Waals surface area contributed by atoms with Crippen molar-refractivity contribution in [2.75, 3.05) is 4.90 Å². The van der Waals surface area contributed by atoms with Crippen LogP contribution in [-0.2, 0) is 0 Å². The van der Waals surface area contributed by atoms with Crippen molar-refractivity contribution in [1.82, 2.24) is 0 Å². The van der Waals surface area contributed by atoms with E-state index in [1.807, 2.05) is 6.07 Å². The van der Waals surface area contributed by atoms with Crippen LogP contribution in [0.15, 0.2) is 221 Å². The van der Waals surface area contributed by atoms with Crippen molar-refractivity contribution in [2.45, 2.75) is 0 Å². The van der Waals surface area contributed by atoms with Crippen molar-refractivity contribution in [3.8, 4) is 33.4 Å². The number of rotatable bonds is 6. The van der Waals surface area contributed by atoms with Crippen molar-refractivity contribution >= 4 is 82.5 Å². The molecule has 0 atom stereocenters. The number of fused-ring (bicyclic) bond motifs is 9. The molecule has 2 aromatic heterocycles. The quantitative estimate of drug-likeness (QED) is 0.158. The SMILES string of the molecule is c1ccc(-c2ccc3c(c2)oc2c(-c4ccccc4)ccc(N(c4ccc5c(ccc6ccccc65)c4)c4cc(-c5ccccc5)cc5oc6ccccc6c45)c23)cc1. The van der Waals surface area contributed by atoms with E-state index in [4.69, 9.17) is 8.83 Å². The molecule has 0 fully saturated rings. The summed E-state index contributed by atoms with van der Waals surface area (Å²) in [6, 6.07) is 75.7. The lowest BCUT2D eigenvalue weighted by Gasteiger charge is -2.28. The molecule has 0 aliphatic rings. The Morgan fingerprint density at radius 1 is 0.305 bits per heavy atom. The molecule has 0 saturated heterocycles. The lowest BCUT2D eigenvalue weighted by molar-refractivity contribution is 0.669.